The molecule has 0 spiro atoms. The predicted molar refractivity (Wildman–Crippen MR) is 127 cm³/mol. The van der Waals surface area contributed by atoms with Crippen LogP contribution < -0.4 is 15.0 Å². The molecule has 0 saturated heterocycles. The molecule has 0 bridgehead atoms. The maximum Gasteiger partial charge on any atom is 0.252 e. The van der Waals surface area contributed by atoms with Crippen LogP contribution in [0, 0.1) is 0 Å². The van der Waals surface area contributed by atoms with E-state index in [2.05, 4.69) is 25.4 Å². The third kappa shape index (κ3) is 5.59. The lowest BCUT2D eigenvalue weighted by Crippen LogP contribution is -2.28. The molecule has 10 nitrogen and oxygen atoms in total. The van der Waals surface area contributed by atoms with E-state index in [0.717, 1.165) is 28.0 Å². The van der Waals surface area contributed by atoms with Crippen LogP contribution in [0.3, 0.4) is 0 Å². The first-order valence-corrected chi connectivity index (χ1v) is 10.9. The zero-order valence-electron chi connectivity index (χ0n) is 19.5. The summed E-state index contributed by atoms with van der Waals surface area (Å²) in [6.45, 7) is 2.51. The van der Waals surface area contributed by atoms with Crippen molar-refractivity contribution in [3.63, 3.8) is 0 Å². The fourth-order valence-electron chi connectivity index (χ4n) is 3.76. The van der Waals surface area contributed by atoms with Gasteiger partial charge in [0.05, 0.1) is 33.9 Å². The van der Waals surface area contributed by atoms with E-state index in [0.29, 0.717) is 44.2 Å². The fraction of sp³-hybridized carbons (Fsp3) is 0.333. The van der Waals surface area contributed by atoms with Crippen molar-refractivity contribution in [3.8, 4) is 11.5 Å². The summed E-state index contributed by atoms with van der Waals surface area (Å²) in [5, 5.41) is 13.0. The Labute approximate surface area is 197 Å². The zero-order chi connectivity index (χ0) is 23.9. The number of aromatic amines is 1. The van der Waals surface area contributed by atoms with Crippen LogP contribution in [0.2, 0.25) is 0 Å². The quantitative estimate of drug-likeness (QED) is 0.361. The van der Waals surface area contributed by atoms with Gasteiger partial charge in [-0.25, -0.2) is 4.68 Å². The summed E-state index contributed by atoms with van der Waals surface area (Å²) in [6.07, 6.45) is 0. The minimum absolute atomic E-state index is 0.128. The van der Waals surface area contributed by atoms with E-state index in [1.54, 1.807) is 26.0 Å². The second-order valence-corrected chi connectivity index (χ2v) is 7.88. The summed E-state index contributed by atoms with van der Waals surface area (Å²) in [7, 11) is 4.90. The van der Waals surface area contributed by atoms with Crippen molar-refractivity contribution in [3.05, 3.63) is 75.8 Å². The van der Waals surface area contributed by atoms with Gasteiger partial charge in [-0.2, -0.15) is 0 Å². The van der Waals surface area contributed by atoms with Crippen molar-refractivity contribution in [2.45, 2.75) is 26.2 Å². The highest BCUT2D eigenvalue weighted by Gasteiger charge is 2.16. The Hall–Kier alpha value is -3.76. The lowest BCUT2D eigenvalue weighted by molar-refractivity contribution is 0.177. The molecule has 0 aliphatic rings. The van der Waals surface area contributed by atoms with E-state index in [4.69, 9.17) is 14.2 Å². The molecular weight excluding hydrogens is 436 g/mol. The van der Waals surface area contributed by atoms with Gasteiger partial charge in [0.25, 0.3) is 5.56 Å². The van der Waals surface area contributed by atoms with Crippen molar-refractivity contribution in [1.29, 1.82) is 0 Å². The summed E-state index contributed by atoms with van der Waals surface area (Å²) in [4.78, 5) is 18.0. The lowest BCUT2D eigenvalue weighted by atomic mass is 10.1. The number of benzene rings is 2. The van der Waals surface area contributed by atoms with Gasteiger partial charge in [-0.05, 0) is 52.4 Å². The first kappa shape index (κ1) is 23.4. The molecule has 2 aromatic carbocycles. The molecule has 0 unspecified atom stereocenters. The van der Waals surface area contributed by atoms with E-state index in [-0.39, 0.29) is 5.56 Å². The highest BCUT2D eigenvalue weighted by atomic mass is 16.5. The topological polar surface area (TPSA) is 107 Å². The lowest BCUT2D eigenvalue weighted by Gasteiger charge is -2.22. The molecule has 34 heavy (non-hydrogen) atoms. The van der Waals surface area contributed by atoms with Crippen molar-refractivity contribution >= 4 is 10.9 Å². The van der Waals surface area contributed by atoms with Crippen molar-refractivity contribution in [1.82, 2.24) is 30.1 Å². The molecule has 0 saturated carbocycles. The molecule has 0 radical (unpaired) electrons. The summed E-state index contributed by atoms with van der Waals surface area (Å²) >= 11 is 0. The number of rotatable bonds is 11. The highest BCUT2D eigenvalue weighted by molar-refractivity contribution is 5.80. The van der Waals surface area contributed by atoms with Gasteiger partial charge in [0.15, 0.2) is 5.82 Å². The maximum absolute atomic E-state index is 12.9. The molecule has 0 aliphatic carbocycles. The van der Waals surface area contributed by atoms with Crippen molar-refractivity contribution < 1.29 is 14.2 Å². The largest absolute Gasteiger partial charge is 0.497 e. The van der Waals surface area contributed by atoms with Crippen LogP contribution in [0.5, 0.6) is 11.5 Å². The first-order valence-electron chi connectivity index (χ1n) is 10.9. The van der Waals surface area contributed by atoms with Gasteiger partial charge in [0.1, 0.15) is 11.5 Å². The van der Waals surface area contributed by atoms with Crippen molar-refractivity contribution in [2.24, 2.45) is 0 Å². The molecule has 4 rings (SSSR count). The molecule has 0 fully saturated rings. The minimum atomic E-state index is -0.128. The second kappa shape index (κ2) is 10.9. The number of tetrazole rings is 1. The molecule has 1 N–H and O–H groups in total. The molecule has 10 heteroatoms. The number of fused-ring (bicyclic) bond motifs is 1. The molecule has 0 aliphatic heterocycles. The molecule has 4 aromatic rings. The van der Waals surface area contributed by atoms with Gasteiger partial charge >= 0.3 is 0 Å². The average Bonchev–Trinajstić information content (AvgIpc) is 3.30. The van der Waals surface area contributed by atoms with Crippen LogP contribution in [-0.4, -0.2) is 58.0 Å². The summed E-state index contributed by atoms with van der Waals surface area (Å²) in [5.74, 6) is 2.22. The summed E-state index contributed by atoms with van der Waals surface area (Å²) < 4.78 is 17.5. The number of nitrogens with one attached hydrogen (secondary N) is 1. The van der Waals surface area contributed by atoms with E-state index in [9.17, 15) is 4.79 Å². The van der Waals surface area contributed by atoms with E-state index >= 15 is 0 Å². The summed E-state index contributed by atoms with van der Waals surface area (Å²) in [6, 6.07) is 15.4. The third-order valence-corrected chi connectivity index (χ3v) is 5.57. The number of hydrogen-bond acceptors (Lipinski definition) is 8. The Morgan fingerprint density at radius 1 is 0.941 bits per heavy atom. The number of methoxy groups -OCH3 is 3. The molecule has 0 atom stereocenters. The van der Waals surface area contributed by atoms with Crippen LogP contribution in [0.4, 0.5) is 0 Å². The standard InChI is InChI=1S/C24H28N6O4/c1-32-11-10-30-23(26-27-28-30)16-29(14-17-4-6-20(33-2)7-5-17)15-19-12-18-13-21(34-3)8-9-22(18)25-24(19)31/h4-9,12-13H,10-11,14-16H2,1-3H3,(H,25,31). The van der Waals surface area contributed by atoms with Gasteiger partial charge in [-0.1, -0.05) is 12.1 Å². The van der Waals surface area contributed by atoms with Crippen molar-refractivity contribution in [2.75, 3.05) is 27.9 Å². The van der Waals surface area contributed by atoms with Crippen LogP contribution in [0.15, 0.2) is 53.3 Å². The number of hydrogen-bond donors (Lipinski definition) is 1. The molecular formula is C24H28N6O4. The number of aromatic nitrogens is 5. The van der Waals surface area contributed by atoms with Crippen LogP contribution in [0.1, 0.15) is 17.0 Å². The minimum Gasteiger partial charge on any atom is -0.497 e. The Balaban J connectivity index is 1.63. The normalized spacial score (nSPS) is 11.3. The number of ether oxygens (including phenoxy) is 3. The van der Waals surface area contributed by atoms with E-state index < -0.39 is 0 Å². The smallest absolute Gasteiger partial charge is 0.252 e. The average molecular weight is 465 g/mol. The van der Waals surface area contributed by atoms with Crippen LogP contribution >= 0.6 is 0 Å². The Morgan fingerprint density at radius 2 is 1.71 bits per heavy atom. The predicted octanol–water partition coefficient (Wildman–Crippen LogP) is 2.38. The van der Waals surface area contributed by atoms with Gasteiger partial charge in [-0.3, -0.25) is 9.69 Å². The number of H-pyrrole nitrogens is 1. The maximum atomic E-state index is 12.9. The number of nitrogens with zero attached hydrogens (tertiary/aromatic N) is 5. The van der Waals surface area contributed by atoms with Crippen LogP contribution in [-0.2, 0) is 30.9 Å². The second-order valence-electron chi connectivity index (χ2n) is 7.88. The monoisotopic (exact) mass is 464 g/mol. The van der Waals surface area contributed by atoms with E-state index in [1.807, 2.05) is 48.5 Å². The molecule has 2 aromatic heterocycles. The van der Waals surface area contributed by atoms with E-state index in [1.165, 1.54) is 0 Å². The molecule has 178 valence electrons. The van der Waals surface area contributed by atoms with Gasteiger partial charge in [-0.15, -0.1) is 5.10 Å². The Kier molecular flexibility index (Phi) is 7.51. The Morgan fingerprint density at radius 3 is 2.44 bits per heavy atom. The van der Waals surface area contributed by atoms with Gasteiger partial charge in [0, 0.05) is 36.7 Å². The highest BCUT2D eigenvalue weighted by Crippen LogP contribution is 2.20. The van der Waals surface area contributed by atoms with Gasteiger partial charge in [0.2, 0.25) is 0 Å². The SMILES string of the molecule is COCCn1nnnc1CN(Cc1ccc(OC)cc1)Cc1cc2cc(OC)ccc2[nH]c1=O. The fourth-order valence-corrected chi connectivity index (χ4v) is 3.76. The molecule has 2 heterocycles. The zero-order valence-corrected chi connectivity index (χ0v) is 19.5. The number of pyridine rings is 1. The van der Waals surface area contributed by atoms with Crippen LogP contribution in [0.25, 0.3) is 10.9 Å². The molecule has 0 amide bonds. The summed E-state index contributed by atoms with van der Waals surface area (Å²) in [5.41, 5.74) is 2.36. The van der Waals surface area contributed by atoms with Gasteiger partial charge < -0.3 is 19.2 Å². The first-order chi connectivity index (χ1) is 16.6. The Bertz CT molecular complexity index is 1280. The third-order valence-electron chi connectivity index (χ3n) is 5.57.